The highest BCUT2D eigenvalue weighted by Gasteiger charge is 2.22. The number of esters is 2. The van der Waals surface area contributed by atoms with Crippen molar-refractivity contribution in [3.8, 4) is 0 Å². The second kappa shape index (κ2) is 38.7. The van der Waals surface area contributed by atoms with Gasteiger partial charge in [0, 0.05) is 12.8 Å². The minimum Gasteiger partial charge on any atom is -0.462 e. The quantitative estimate of drug-likeness (QED) is 0.0277. The van der Waals surface area contributed by atoms with Gasteiger partial charge in [-0.05, 0) is 70.6 Å². The van der Waals surface area contributed by atoms with Crippen LogP contribution in [-0.2, 0) is 28.2 Å². The third-order valence-electron chi connectivity index (χ3n) is 8.83. The molecule has 0 saturated carbocycles. The molecule has 1 unspecified atom stereocenters. The predicted octanol–water partition coefficient (Wildman–Crippen LogP) is 12.7. The monoisotopic (exact) mass is 753 g/mol. The Kier molecular flexibility index (Phi) is 37.2. The van der Waals surface area contributed by atoms with E-state index in [-0.39, 0.29) is 19.4 Å². The van der Waals surface area contributed by atoms with Gasteiger partial charge < -0.3 is 19.3 Å². The Morgan fingerprint density at radius 3 is 1.40 bits per heavy atom. The van der Waals surface area contributed by atoms with Gasteiger partial charge in [0.25, 0.3) is 0 Å². The molecule has 0 amide bonds. The summed E-state index contributed by atoms with van der Waals surface area (Å²) >= 11 is 0. The van der Waals surface area contributed by atoms with Crippen LogP contribution in [0.4, 0.5) is 0 Å². The predicted molar refractivity (Wildman–Crippen MR) is 216 cm³/mol. The van der Waals surface area contributed by atoms with Crippen molar-refractivity contribution in [1.29, 1.82) is 0 Å². The second-order valence-corrected chi connectivity index (χ2v) is 15.2. The van der Waals surface area contributed by atoms with Crippen LogP contribution in [0.2, 0.25) is 0 Å². The van der Waals surface area contributed by atoms with Gasteiger partial charge in [0.2, 0.25) is 0 Å². The van der Waals surface area contributed by atoms with Crippen molar-refractivity contribution in [2.75, 3.05) is 13.2 Å². The van der Waals surface area contributed by atoms with E-state index in [1.807, 2.05) is 0 Å². The largest absolute Gasteiger partial charge is 0.469 e. The van der Waals surface area contributed by atoms with Crippen molar-refractivity contribution in [3.63, 3.8) is 0 Å². The Morgan fingerprint density at radius 2 is 0.923 bits per heavy atom. The number of unbranched alkanes of at least 4 members (excludes halogenated alkanes) is 20. The number of carbonyl (C=O) groups excluding carboxylic acids is 2. The summed E-state index contributed by atoms with van der Waals surface area (Å²) in [5.41, 5.74) is 0. The smallest absolute Gasteiger partial charge is 0.462 e. The van der Waals surface area contributed by atoms with Crippen molar-refractivity contribution in [1.82, 2.24) is 0 Å². The molecule has 52 heavy (non-hydrogen) atoms. The molecule has 0 saturated heterocycles. The minimum atomic E-state index is -4.76. The molecule has 0 aliphatic heterocycles. The van der Waals surface area contributed by atoms with E-state index < -0.39 is 32.5 Å². The standard InChI is InChI=1S/C43H77O8P/c1-3-5-7-9-11-13-15-17-19-21-23-25-27-29-31-33-35-37-42(44)49-39-41(40-50-52(46,47)48)51-43(45)38-36-34-32-30-28-26-24-22-20-18-16-14-12-10-8-6-4-2/h6,8,12,14,17-20,41H,3-5,7,9-11,13,15-16,21-40H2,1-2H3,(H2,46,47,48)/b8-6-,14-12-,19-17-,20-18-. The molecule has 0 heterocycles. The molecule has 0 aromatic rings. The van der Waals surface area contributed by atoms with Gasteiger partial charge in [0.15, 0.2) is 6.10 Å². The fourth-order valence-electron chi connectivity index (χ4n) is 5.73. The second-order valence-electron chi connectivity index (χ2n) is 13.9. The summed E-state index contributed by atoms with van der Waals surface area (Å²) in [4.78, 5) is 42.8. The first-order valence-corrected chi connectivity index (χ1v) is 22.5. The van der Waals surface area contributed by atoms with Gasteiger partial charge in [0.1, 0.15) is 6.61 Å². The van der Waals surface area contributed by atoms with Crippen LogP contribution in [0.25, 0.3) is 0 Å². The molecule has 0 aliphatic rings. The Bertz CT molecular complexity index is 984. The van der Waals surface area contributed by atoms with Crippen LogP contribution < -0.4 is 0 Å². The number of allylic oxidation sites excluding steroid dienone is 8. The summed E-state index contributed by atoms with van der Waals surface area (Å²) < 4.78 is 26.4. The summed E-state index contributed by atoms with van der Waals surface area (Å²) in [5, 5.41) is 0. The molecular weight excluding hydrogens is 675 g/mol. The van der Waals surface area contributed by atoms with Crippen molar-refractivity contribution in [3.05, 3.63) is 48.6 Å². The average molecular weight is 753 g/mol. The van der Waals surface area contributed by atoms with Crippen LogP contribution in [0.1, 0.15) is 194 Å². The van der Waals surface area contributed by atoms with Gasteiger partial charge in [-0.1, -0.05) is 159 Å². The molecule has 0 rings (SSSR count). The van der Waals surface area contributed by atoms with Crippen molar-refractivity contribution in [2.45, 2.75) is 200 Å². The van der Waals surface area contributed by atoms with Crippen LogP contribution in [0.3, 0.4) is 0 Å². The number of carbonyl (C=O) groups is 2. The molecule has 1 atom stereocenters. The van der Waals surface area contributed by atoms with Gasteiger partial charge in [-0.3, -0.25) is 14.1 Å². The molecule has 0 fully saturated rings. The highest BCUT2D eigenvalue weighted by atomic mass is 31.2. The summed E-state index contributed by atoms with van der Waals surface area (Å²) in [6.07, 6.45) is 46.8. The molecule has 9 heteroatoms. The van der Waals surface area contributed by atoms with Crippen molar-refractivity contribution >= 4 is 19.8 Å². The molecule has 8 nitrogen and oxygen atoms in total. The summed E-state index contributed by atoms with van der Waals surface area (Å²) in [6, 6.07) is 0. The van der Waals surface area contributed by atoms with Crippen molar-refractivity contribution < 1.29 is 37.9 Å². The molecule has 0 aliphatic carbocycles. The van der Waals surface area contributed by atoms with E-state index in [9.17, 15) is 14.2 Å². The zero-order valence-corrected chi connectivity index (χ0v) is 34.1. The van der Waals surface area contributed by atoms with Crippen molar-refractivity contribution in [2.24, 2.45) is 0 Å². The highest BCUT2D eigenvalue weighted by molar-refractivity contribution is 7.46. The van der Waals surface area contributed by atoms with Crippen LogP contribution >= 0.6 is 7.82 Å². The van der Waals surface area contributed by atoms with Crippen LogP contribution in [0.15, 0.2) is 48.6 Å². The third kappa shape index (κ3) is 40.8. The molecule has 2 N–H and O–H groups in total. The molecule has 0 bridgehead atoms. The van der Waals surface area contributed by atoms with Gasteiger partial charge in [-0.25, -0.2) is 4.57 Å². The van der Waals surface area contributed by atoms with Gasteiger partial charge in [-0.15, -0.1) is 0 Å². The Hall–Kier alpha value is -1.99. The topological polar surface area (TPSA) is 119 Å². The van der Waals surface area contributed by atoms with Crippen LogP contribution in [0, 0.1) is 0 Å². The Labute approximate surface area is 318 Å². The molecule has 302 valence electrons. The normalized spacial score (nSPS) is 12.9. The van der Waals surface area contributed by atoms with Crippen LogP contribution in [0.5, 0.6) is 0 Å². The van der Waals surface area contributed by atoms with Gasteiger partial charge in [-0.2, -0.15) is 0 Å². The van der Waals surface area contributed by atoms with E-state index in [0.29, 0.717) is 6.42 Å². The van der Waals surface area contributed by atoms with Crippen LogP contribution in [-0.4, -0.2) is 41.0 Å². The first kappa shape index (κ1) is 50.0. The molecule has 0 spiro atoms. The van der Waals surface area contributed by atoms with E-state index >= 15 is 0 Å². The number of ether oxygens (including phenoxy) is 2. The first-order chi connectivity index (χ1) is 25.3. The summed E-state index contributed by atoms with van der Waals surface area (Å²) in [7, 11) is -4.76. The number of phosphoric acid groups is 1. The van der Waals surface area contributed by atoms with E-state index in [2.05, 4.69) is 67.0 Å². The molecule has 0 radical (unpaired) electrons. The number of rotatable bonds is 38. The third-order valence-corrected chi connectivity index (χ3v) is 9.32. The van der Waals surface area contributed by atoms with E-state index in [0.717, 1.165) is 77.0 Å². The maximum Gasteiger partial charge on any atom is 0.469 e. The maximum atomic E-state index is 12.4. The number of hydrogen-bond donors (Lipinski definition) is 2. The lowest BCUT2D eigenvalue weighted by Gasteiger charge is -2.18. The zero-order valence-electron chi connectivity index (χ0n) is 33.2. The molecular formula is C43H77O8P. The average Bonchev–Trinajstić information content (AvgIpc) is 3.11. The lowest BCUT2D eigenvalue weighted by Crippen LogP contribution is -2.29. The van der Waals surface area contributed by atoms with E-state index in [1.54, 1.807) is 0 Å². The van der Waals surface area contributed by atoms with Gasteiger partial charge >= 0.3 is 19.8 Å². The maximum absolute atomic E-state index is 12.4. The highest BCUT2D eigenvalue weighted by Crippen LogP contribution is 2.36. The Balaban J connectivity index is 3.94. The summed E-state index contributed by atoms with van der Waals surface area (Å²) in [5.74, 6) is -0.900. The van der Waals surface area contributed by atoms with Gasteiger partial charge in [0.05, 0.1) is 6.61 Å². The Morgan fingerprint density at radius 1 is 0.519 bits per heavy atom. The first-order valence-electron chi connectivity index (χ1n) is 20.9. The fourth-order valence-corrected chi connectivity index (χ4v) is 6.10. The number of phosphoric ester groups is 1. The minimum absolute atomic E-state index is 0.199. The zero-order chi connectivity index (χ0) is 38.2. The lowest BCUT2D eigenvalue weighted by atomic mass is 10.1. The molecule has 0 aromatic heterocycles. The van der Waals surface area contributed by atoms with E-state index in [4.69, 9.17) is 19.3 Å². The lowest BCUT2D eigenvalue weighted by molar-refractivity contribution is -0.161. The summed E-state index contributed by atoms with van der Waals surface area (Å²) in [6.45, 7) is 3.56. The SMILES string of the molecule is CC/C=C\C/C=C\C/C=C\CCCCCCCCCC(=O)OC(COC(=O)CCCCCCCCC/C=C\CCCCCCCC)COP(=O)(O)O. The number of hydrogen-bond acceptors (Lipinski definition) is 6. The fraction of sp³-hybridized carbons (Fsp3) is 0.767. The molecule has 0 aromatic carbocycles. The van der Waals surface area contributed by atoms with E-state index in [1.165, 1.54) is 83.5 Å².